The van der Waals surface area contributed by atoms with E-state index in [-0.39, 0.29) is 17.3 Å². The first-order valence-corrected chi connectivity index (χ1v) is 11.7. The number of rotatable bonds is 3. The first-order valence-electron chi connectivity index (χ1n) is 11.7. The number of cyclic esters (lactones) is 1. The maximum absolute atomic E-state index is 12.2. The summed E-state index contributed by atoms with van der Waals surface area (Å²) in [5.41, 5.74) is 3.91. The van der Waals surface area contributed by atoms with Crippen LogP contribution in [0.2, 0.25) is 0 Å². The van der Waals surface area contributed by atoms with Crippen LogP contribution in [0.15, 0.2) is 11.6 Å². The number of aliphatic hydroxyl groups is 1. The van der Waals surface area contributed by atoms with E-state index in [1.807, 2.05) is 0 Å². The number of hydrogen-bond donors (Lipinski definition) is 2. The van der Waals surface area contributed by atoms with Crippen LogP contribution in [-0.2, 0) is 14.4 Å². The lowest BCUT2D eigenvalue weighted by atomic mass is 9.43. The molecule has 29 heavy (non-hydrogen) atoms. The van der Waals surface area contributed by atoms with Crippen LogP contribution in [0.5, 0.6) is 0 Å². The zero-order chi connectivity index (χ0) is 20.4. The van der Waals surface area contributed by atoms with Crippen LogP contribution in [0, 0.1) is 34.5 Å². The Hall–Kier alpha value is -0.910. The molecule has 1 heterocycles. The van der Waals surface area contributed by atoms with Crippen molar-refractivity contribution in [1.29, 1.82) is 0 Å². The average Bonchev–Trinajstić information content (AvgIpc) is 3.23. The molecule has 1 aliphatic heterocycles. The van der Waals surface area contributed by atoms with Gasteiger partial charge < -0.3 is 14.7 Å². The topological polar surface area (TPSA) is 67.8 Å². The summed E-state index contributed by atoms with van der Waals surface area (Å²) >= 11 is 0. The van der Waals surface area contributed by atoms with Crippen LogP contribution in [-0.4, -0.2) is 36.4 Å². The van der Waals surface area contributed by atoms with E-state index in [4.69, 9.17) is 9.57 Å². The third-order valence-corrected chi connectivity index (χ3v) is 10.3. The molecule has 0 radical (unpaired) electrons. The van der Waals surface area contributed by atoms with Crippen molar-refractivity contribution < 1.29 is 19.5 Å². The summed E-state index contributed by atoms with van der Waals surface area (Å²) in [5.74, 6) is 1.79. The lowest BCUT2D eigenvalue weighted by Gasteiger charge is -2.63. The SMILES string of the molecule is CONC1CCC2(C)C(CCC3C2CCC2(C)C(C4=CC(=O)OC4)CCC32O)C1. The molecule has 0 aromatic carbocycles. The molecule has 5 heteroatoms. The molecule has 8 atom stereocenters. The van der Waals surface area contributed by atoms with E-state index in [2.05, 4.69) is 19.3 Å². The standard InChI is InChI=1S/C24H37NO4/c1-22-9-6-17(25-28-3)13-16(22)4-5-20-19(22)7-10-23(2)18(8-11-24(20,23)27)15-12-21(26)29-14-15/h12,16-20,25,27H,4-11,13-14H2,1-3H3. The molecule has 4 saturated carbocycles. The normalized spacial score (nSPS) is 51.7. The van der Waals surface area contributed by atoms with Crippen LogP contribution >= 0.6 is 0 Å². The van der Waals surface area contributed by atoms with Crippen molar-refractivity contribution in [3.05, 3.63) is 11.6 Å². The van der Waals surface area contributed by atoms with Crippen LogP contribution < -0.4 is 5.48 Å². The molecule has 0 bridgehead atoms. The number of hydroxylamine groups is 1. The Kier molecular flexibility index (Phi) is 4.69. The number of nitrogens with one attached hydrogen (secondary N) is 1. The smallest absolute Gasteiger partial charge is 0.331 e. The number of esters is 1. The minimum absolute atomic E-state index is 0.133. The quantitative estimate of drug-likeness (QED) is 0.555. The Bertz CT molecular complexity index is 722. The van der Waals surface area contributed by atoms with Gasteiger partial charge in [-0.25, -0.2) is 4.79 Å². The average molecular weight is 404 g/mol. The molecule has 5 aliphatic rings. The van der Waals surface area contributed by atoms with Crippen LogP contribution in [0.4, 0.5) is 0 Å². The number of carbonyl (C=O) groups excluding carboxylic acids is 1. The molecule has 162 valence electrons. The van der Waals surface area contributed by atoms with Crippen molar-refractivity contribution >= 4 is 5.97 Å². The molecular weight excluding hydrogens is 366 g/mol. The summed E-state index contributed by atoms with van der Waals surface area (Å²) < 4.78 is 5.23. The van der Waals surface area contributed by atoms with Crippen LogP contribution in [0.3, 0.4) is 0 Å². The van der Waals surface area contributed by atoms with Crippen LogP contribution in [0.25, 0.3) is 0 Å². The van der Waals surface area contributed by atoms with Gasteiger partial charge in [0.2, 0.25) is 0 Å². The largest absolute Gasteiger partial charge is 0.458 e. The first kappa shape index (κ1) is 20.0. The molecule has 0 aromatic heterocycles. The minimum Gasteiger partial charge on any atom is -0.458 e. The molecule has 0 saturated heterocycles. The molecule has 2 N–H and O–H groups in total. The Morgan fingerprint density at radius 3 is 2.66 bits per heavy atom. The van der Waals surface area contributed by atoms with E-state index in [0.717, 1.165) is 43.6 Å². The second kappa shape index (κ2) is 6.80. The van der Waals surface area contributed by atoms with E-state index in [0.29, 0.717) is 29.9 Å². The molecule has 0 spiro atoms. The highest BCUT2D eigenvalue weighted by atomic mass is 16.6. The fourth-order valence-electron chi connectivity index (χ4n) is 8.68. The van der Waals surface area contributed by atoms with E-state index in [9.17, 15) is 9.90 Å². The molecule has 4 aliphatic carbocycles. The Labute approximate surface area is 174 Å². The lowest BCUT2D eigenvalue weighted by molar-refractivity contribution is -0.206. The number of carbonyl (C=O) groups is 1. The fraction of sp³-hybridized carbons (Fsp3) is 0.875. The second-order valence-electron chi connectivity index (χ2n) is 11.1. The van der Waals surface area contributed by atoms with Gasteiger partial charge >= 0.3 is 5.97 Å². The summed E-state index contributed by atoms with van der Waals surface area (Å²) in [6.07, 6.45) is 11.8. The third kappa shape index (κ3) is 2.73. The molecule has 8 unspecified atom stereocenters. The maximum Gasteiger partial charge on any atom is 0.331 e. The van der Waals surface area contributed by atoms with E-state index in [1.165, 1.54) is 25.7 Å². The molecule has 5 nitrogen and oxygen atoms in total. The predicted molar refractivity (Wildman–Crippen MR) is 110 cm³/mol. The van der Waals surface area contributed by atoms with Gasteiger partial charge in [0, 0.05) is 17.5 Å². The highest BCUT2D eigenvalue weighted by molar-refractivity contribution is 5.85. The Morgan fingerprint density at radius 2 is 1.93 bits per heavy atom. The number of hydrogen-bond acceptors (Lipinski definition) is 5. The van der Waals surface area contributed by atoms with Crippen molar-refractivity contribution in [2.75, 3.05) is 13.7 Å². The van der Waals surface area contributed by atoms with E-state index in [1.54, 1.807) is 13.2 Å². The second-order valence-corrected chi connectivity index (χ2v) is 11.1. The fourth-order valence-corrected chi connectivity index (χ4v) is 8.68. The first-order chi connectivity index (χ1) is 13.8. The lowest BCUT2D eigenvalue weighted by Crippen LogP contribution is -2.62. The molecule has 5 rings (SSSR count). The summed E-state index contributed by atoms with van der Waals surface area (Å²) in [4.78, 5) is 16.9. The van der Waals surface area contributed by atoms with Crippen LogP contribution in [0.1, 0.15) is 71.6 Å². The van der Waals surface area contributed by atoms with Crippen molar-refractivity contribution in [2.45, 2.75) is 83.3 Å². The highest BCUT2D eigenvalue weighted by Crippen LogP contribution is 2.69. The van der Waals surface area contributed by atoms with Crippen molar-refractivity contribution in [3.63, 3.8) is 0 Å². The van der Waals surface area contributed by atoms with E-state index < -0.39 is 5.60 Å². The summed E-state index contributed by atoms with van der Waals surface area (Å²) in [7, 11) is 1.72. The molecule has 4 fully saturated rings. The molecule has 0 amide bonds. The molecule has 0 aromatic rings. The monoisotopic (exact) mass is 403 g/mol. The highest BCUT2D eigenvalue weighted by Gasteiger charge is 2.67. The summed E-state index contributed by atoms with van der Waals surface area (Å²) in [6, 6.07) is 0.467. The zero-order valence-corrected chi connectivity index (χ0v) is 18.2. The maximum atomic E-state index is 12.2. The van der Waals surface area contributed by atoms with Gasteiger partial charge in [0.15, 0.2) is 0 Å². The Morgan fingerprint density at radius 1 is 1.10 bits per heavy atom. The predicted octanol–water partition coefficient (Wildman–Crippen LogP) is 3.76. The van der Waals surface area contributed by atoms with Crippen molar-refractivity contribution in [3.8, 4) is 0 Å². The van der Waals surface area contributed by atoms with Gasteiger partial charge in [-0.05, 0) is 92.4 Å². The number of fused-ring (bicyclic) bond motifs is 5. The van der Waals surface area contributed by atoms with Gasteiger partial charge in [0.1, 0.15) is 6.61 Å². The zero-order valence-electron chi connectivity index (χ0n) is 18.2. The summed E-state index contributed by atoms with van der Waals surface area (Å²) in [6.45, 7) is 5.25. The van der Waals surface area contributed by atoms with Crippen molar-refractivity contribution in [1.82, 2.24) is 5.48 Å². The third-order valence-electron chi connectivity index (χ3n) is 10.3. The van der Waals surface area contributed by atoms with Gasteiger partial charge in [-0.2, -0.15) is 5.48 Å². The van der Waals surface area contributed by atoms with Gasteiger partial charge in [-0.1, -0.05) is 13.8 Å². The van der Waals surface area contributed by atoms with Gasteiger partial charge in [0.05, 0.1) is 12.7 Å². The minimum atomic E-state index is -0.608. The van der Waals surface area contributed by atoms with Gasteiger partial charge in [0.25, 0.3) is 0 Å². The molecular formula is C24H37NO4. The Balaban J connectivity index is 1.41. The van der Waals surface area contributed by atoms with Crippen molar-refractivity contribution in [2.24, 2.45) is 34.5 Å². The van der Waals surface area contributed by atoms with E-state index >= 15 is 0 Å². The van der Waals surface area contributed by atoms with Gasteiger partial charge in [-0.3, -0.25) is 0 Å². The number of ether oxygens (including phenoxy) is 1. The van der Waals surface area contributed by atoms with Gasteiger partial charge in [-0.15, -0.1) is 0 Å². The summed E-state index contributed by atoms with van der Waals surface area (Å²) in [5, 5.41) is 12.2.